The van der Waals surface area contributed by atoms with Gasteiger partial charge in [-0.25, -0.2) is 18.3 Å². The normalized spacial score (nSPS) is 25.8. The lowest BCUT2D eigenvalue weighted by molar-refractivity contribution is -0.0608. The third kappa shape index (κ3) is 5.43. The molecule has 2 bridgehead atoms. The highest BCUT2D eigenvalue weighted by atomic mass is 19.3. The molecule has 6 heterocycles. The first-order chi connectivity index (χ1) is 20.5. The van der Waals surface area contributed by atoms with Gasteiger partial charge < -0.3 is 18.9 Å². The van der Waals surface area contributed by atoms with Crippen LogP contribution in [0, 0.1) is 0 Å². The molecule has 3 saturated heterocycles. The number of nitrogens with zero attached hydrogens (tertiary/aromatic N) is 4. The Morgan fingerprint density at radius 1 is 1.09 bits per heavy atom. The number of hydrogen-bond donors (Lipinski definition) is 0. The minimum Gasteiger partial charge on any atom is -0.474 e. The second-order valence-corrected chi connectivity index (χ2v) is 12.9. The predicted molar refractivity (Wildman–Crippen MR) is 153 cm³/mol. The van der Waals surface area contributed by atoms with Gasteiger partial charge in [0.05, 0.1) is 6.20 Å². The first-order valence-electron chi connectivity index (χ1n) is 15.0. The van der Waals surface area contributed by atoms with Crippen molar-refractivity contribution in [2.75, 3.05) is 6.61 Å². The highest BCUT2D eigenvalue weighted by Gasteiger charge is 2.60. The fourth-order valence-corrected chi connectivity index (χ4v) is 6.68. The average molecular weight is 595 g/mol. The van der Waals surface area contributed by atoms with E-state index in [-0.39, 0.29) is 19.1 Å². The van der Waals surface area contributed by atoms with Gasteiger partial charge in [0.15, 0.2) is 0 Å². The van der Waals surface area contributed by atoms with E-state index >= 15 is 0 Å². The number of halogens is 2. The number of piperidine rings is 1. The SMILES string of the molecule is CC(C)(C)OC(=O)N1C2CC(Oc3ccc4c(n3)OCc3cc(-c5cnn(C6CCCCO6)c5)ccc3-4)CC1C(F)(F)C2. The van der Waals surface area contributed by atoms with E-state index in [0.717, 1.165) is 53.7 Å². The van der Waals surface area contributed by atoms with Crippen LogP contribution in [0.2, 0.25) is 0 Å². The molecule has 3 fully saturated rings. The smallest absolute Gasteiger partial charge is 0.411 e. The average Bonchev–Trinajstić information content (AvgIpc) is 3.52. The lowest BCUT2D eigenvalue weighted by Gasteiger charge is -2.39. The summed E-state index contributed by atoms with van der Waals surface area (Å²) >= 11 is 0. The number of amides is 1. The van der Waals surface area contributed by atoms with E-state index in [4.69, 9.17) is 18.9 Å². The van der Waals surface area contributed by atoms with Crippen LogP contribution in [0.15, 0.2) is 42.7 Å². The molecule has 4 aliphatic heterocycles. The molecule has 1 aromatic carbocycles. The van der Waals surface area contributed by atoms with Crippen LogP contribution in [0.5, 0.6) is 11.8 Å². The number of carbonyl (C=O) groups is 1. The van der Waals surface area contributed by atoms with Crippen LogP contribution in [-0.2, 0) is 16.1 Å². The first kappa shape index (κ1) is 28.1. The molecule has 228 valence electrons. The monoisotopic (exact) mass is 594 g/mol. The number of hydrogen-bond acceptors (Lipinski definition) is 7. The second kappa shape index (κ2) is 10.5. The summed E-state index contributed by atoms with van der Waals surface area (Å²) in [5, 5.41) is 4.54. The Balaban J connectivity index is 1.05. The van der Waals surface area contributed by atoms with Crippen LogP contribution in [-0.4, -0.2) is 62.1 Å². The van der Waals surface area contributed by atoms with Crippen LogP contribution in [0.3, 0.4) is 0 Å². The summed E-state index contributed by atoms with van der Waals surface area (Å²) in [5.41, 5.74) is 4.20. The van der Waals surface area contributed by atoms with Gasteiger partial charge in [0.1, 0.15) is 30.6 Å². The standard InChI is InChI=1S/C32H36F2N4O5/c1-31(2,3)43-30(39)38-22-13-23(14-26(38)32(33,34)15-22)42-27-10-9-25-24-8-7-19(12-20(24)18-41-29(25)36-27)21-16-35-37(17-21)28-6-4-5-11-40-28/h7-10,12,16-17,22-23,26,28H,4-6,11,13-15,18H2,1-3H3. The molecule has 0 saturated carbocycles. The van der Waals surface area contributed by atoms with Crippen molar-refractivity contribution in [3.63, 3.8) is 0 Å². The zero-order chi connectivity index (χ0) is 29.9. The Morgan fingerprint density at radius 2 is 1.93 bits per heavy atom. The van der Waals surface area contributed by atoms with E-state index in [1.807, 2.05) is 23.1 Å². The molecule has 9 nitrogen and oxygen atoms in total. The van der Waals surface area contributed by atoms with Gasteiger partial charge >= 0.3 is 6.09 Å². The number of rotatable bonds is 4. The van der Waals surface area contributed by atoms with Crippen molar-refractivity contribution < 1.29 is 32.5 Å². The molecule has 4 aliphatic rings. The van der Waals surface area contributed by atoms with Gasteiger partial charge in [0.2, 0.25) is 11.8 Å². The Hall–Kier alpha value is -3.73. The summed E-state index contributed by atoms with van der Waals surface area (Å²) in [6.45, 7) is 6.29. The van der Waals surface area contributed by atoms with E-state index in [2.05, 4.69) is 28.3 Å². The van der Waals surface area contributed by atoms with Crippen LogP contribution < -0.4 is 9.47 Å². The van der Waals surface area contributed by atoms with E-state index in [1.165, 1.54) is 4.90 Å². The van der Waals surface area contributed by atoms with Crippen molar-refractivity contribution >= 4 is 6.09 Å². The molecule has 7 rings (SSSR count). The zero-order valence-corrected chi connectivity index (χ0v) is 24.6. The minimum atomic E-state index is -3.00. The molecule has 2 aromatic heterocycles. The predicted octanol–water partition coefficient (Wildman–Crippen LogP) is 6.76. The van der Waals surface area contributed by atoms with Crippen LogP contribution in [0.1, 0.15) is 71.1 Å². The molecule has 0 N–H and O–H groups in total. The summed E-state index contributed by atoms with van der Waals surface area (Å²) in [4.78, 5) is 18.6. The maximum atomic E-state index is 14.9. The fraction of sp³-hybridized carbons (Fsp3) is 0.531. The minimum absolute atomic E-state index is 0.00255. The number of benzene rings is 1. The number of ether oxygens (including phenoxy) is 4. The van der Waals surface area contributed by atoms with Crippen molar-refractivity contribution in [2.45, 2.75) is 102 Å². The summed E-state index contributed by atoms with van der Waals surface area (Å²) in [5.74, 6) is -2.24. The largest absolute Gasteiger partial charge is 0.474 e. The quantitative estimate of drug-likeness (QED) is 0.330. The van der Waals surface area contributed by atoms with E-state index < -0.39 is 42.2 Å². The first-order valence-corrected chi connectivity index (χ1v) is 15.0. The van der Waals surface area contributed by atoms with Crippen LogP contribution in [0.25, 0.3) is 22.3 Å². The molecule has 4 unspecified atom stereocenters. The van der Waals surface area contributed by atoms with E-state index in [9.17, 15) is 13.6 Å². The van der Waals surface area contributed by atoms with E-state index in [0.29, 0.717) is 18.4 Å². The maximum Gasteiger partial charge on any atom is 0.411 e. The van der Waals surface area contributed by atoms with Crippen molar-refractivity contribution in [2.24, 2.45) is 0 Å². The molecule has 4 atom stereocenters. The Labute approximate surface area is 249 Å². The van der Waals surface area contributed by atoms with Gasteiger partial charge in [-0.1, -0.05) is 12.1 Å². The van der Waals surface area contributed by atoms with Crippen LogP contribution in [0.4, 0.5) is 13.6 Å². The van der Waals surface area contributed by atoms with Gasteiger partial charge in [-0.3, -0.25) is 4.90 Å². The Bertz CT molecular complexity index is 1530. The molecule has 0 spiro atoms. The molecule has 0 radical (unpaired) electrons. The van der Waals surface area contributed by atoms with Gasteiger partial charge in [0, 0.05) is 55.3 Å². The van der Waals surface area contributed by atoms with Crippen molar-refractivity contribution in [1.29, 1.82) is 0 Å². The van der Waals surface area contributed by atoms with Gasteiger partial charge in [0.25, 0.3) is 5.92 Å². The zero-order valence-electron chi connectivity index (χ0n) is 24.6. The Kier molecular flexibility index (Phi) is 6.83. The molecular weight excluding hydrogens is 558 g/mol. The van der Waals surface area contributed by atoms with Crippen molar-refractivity contribution in [3.05, 3.63) is 48.3 Å². The van der Waals surface area contributed by atoms with Gasteiger partial charge in [-0.2, -0.15) is 10.1 Å². The van der Waals surface area contributed by atoms with Crippen LogP contribution >= 0.6 is 0 Å². The topological polar surface area (TPSA) is 87.9 Å². The summed E-state index contributed by atoms with van der Waals surface area (Å²) in [6.07, 6.45) is 5.74. The Morgan fingerprint density at radius 3 is 2.70 bits per heavy atom. The highest BCUT2D eigenvalue weighted by Crippen LogP contribution is 2.47. The number of pyridine rings is 1. The van der Waals surface area contributed by atoms with Crippen molar-refractivity contribution in [3.8, 4) is 34.0 Å². The number of carbonyl (C=O) groups excluding carboxylic acids is 1. The fourth-order valence-electron chi connectivity index (χ4n) is 6.68. The van der Waals surface area contributed by atoms with Gasteiger partial charge in [-0.05, 0) is 68.9 Å². The van der Waals surface area contributed by atoms with Gasteiger partial charge in [-0.15, -0.1) is 0 Å². The van der Waals surface area contributed by atoms with E-state index in [1.54, 1.807) is 26.8 Å². The lowest BCUT2D eigenvalue weighted by atomic mass is 9.95. The lowest BCUT2D eigenvalue weighted by Crippen LogP contribution is -2.53. The number of aromatic nitrogens is 3. The number of fused-ring (bicyclic) bond motifs is 5. The maximum absolute atomic E-state index is 14.9. The molecule has 1 amide bonds. The summed E-state index contributed by atoms with van der Waals surface area (Å²) < 4.78 is 55.1. The molecule has 3 aromatic rings. The van der Waals surface area contributed by atoms with Crippen molar-refractivity contribution in [1.82, 2.24) is 19.7 Å². The molecular formula is C32H36F2N4O5. The summed E-state index contributed by atoms with van der Waals surface area (Å²) in [6, 6.07) is 7.95. The molecule has 0 aliphatic carbocycles. The summed E-state index contributed by atoms with van der Waals surface area (Å²) in [7, 11) is 0. The molecule has 11 heteroatoms. The third-order valence-electron chi connectivity index (χ3n) is 8.62. The number of alkyl halides is 2. The second-order valence-electron chi connectivity index (χ2n) is 12.9. The highest BCUT2D eigenvalue weighted by molar-refractivity contribution is 5.77. The molecule has 43 heavy (non-hydrogen) atoms. The third-order valence-corrected chi connectivity index (χ3v) is 8.62.